The number of pyridine rings is 1. The number of rotatable bonds is 5. The molecule has 25 heavy (non-hydrogen) atoms. The molecule has 2 aromatic rings. The molecule has 2 N–H and O–H groups in total. The number of halogens is 1. The standard InChI is InChI=1S/C19H23FN4O/c1-22(14-16-5-7-17(20)8-6-16)15-19(25)24-12-10-23(11-13-24)18-4-2-3-9-21-18/h2-9H,10-15H2,1H3/p+2. The van der Waals surface area contributed by atoms with Gasteiger partial charge in [0.2, 0.25) is 0 Å². The van der Waals surface area contributed by atoms with Crippen molar-refractivity contribution in [1.82, 2.24) is 4.90 Å². The van der Waals surface area contributed by atoms with Gasteiger partial charge in [-0.05, 0) is 18.2 Å². The lowest BCUT2D eigenvalue weighted by Crippen LogP contribution is -3.09. The van der Waals surface area contributed by atoms with Crippen molar-refractivity contribution in [2.45, 2.75) is 6.54 Å². The van der Waals surface area contributed by atoms with E-state index in [-0.39, 0.29) is 11.7 Å². The van der Waals surface area contributed by atoms with E-state index in [1.807, 2.05) is 30.3 Å². The van der Waals surface area contributed by atoms with Gasteiger partial charge in [0, 0.05) is 11.6 Å². The summed E-state index contributed by atoms with van der Waals surface area (Å²) < 4.78 is 13.0. The highest BCUT2D eigenvalue weighted by molar-refractivity contribution is 5.77. The molecular weight excluding hydrogens is 319 g/mol. The third-order valence-electron chi connectivity index (χ3n) is 4.54. The summed E-state index contributed by atoms with van der Waals surface area (Å²) in [7, 11) is 2.00. The lowest BCUT2D eigenvalue weighted by atomic mass is 10.2. The zero-order valence-corrected chi connectivity index (χ0v) is 14.5. The Balaban J connectivity index is 1.46. The van der Waals surface area contributed by atoms with Crippen LogP contribution in [0.1, 0.15) is 5.56 Å². The number of likely N-dealkylation sites (N-methyl/N-ethyl adjacent to an activating group) is 1. The number of aromatic amines is 1. The third-order valence-corrected chi connectivity index (χ3v) is 4.54. The van der Waals surface area contributed by atoms with Crippen LogP contribution in [0.5, 0.6) is 0 Å². The van der Waals surface area contributed by atoms with E-state index in [9.17, 15) is 9.18 Å². The zero-order valence-electron chi connectivity index (χ0n) is 14.5. The van der Waals surface area contributed by atoms with Crippen LogP contribution in [0.2, 0.25) is 0 Å². The Labute approximate surface area is 147 Å². The fraction of sp³-hybridized carbons (Fsp3) is 0.368. The molecule has 1 saturated heterocycles. The van der Waals surface area contributed by atoms with Gasteiger partial charge in [-0.15, -0.1) is 0 Å². The average Bonchev–Trinajstić information content (AvgIpc) is 2.64. The predicted molar refractivity (Wildman–Crippen MR) is 93.6 cm³/mol. The van der Waals surface area contributed by atoms with Gasteiger partial charge in [0.1, 0.15) is 25.5 Å². The van der Waals surface area contributed by atoms with Crippen LogP contribution in [0.25, 0.3) is 0 Å². The Morgan fingerprint density at radius 2 is 1.84 bits per heavy atom. The highest BCUT2D eigenvalue weighted by Crippen LogP contribution is 2.09. The fourth-order valence-electron chi connectivity index (χ4n) is 3.16. The topological polar surface area (TPSA) is 42.1 Å². The summed E-state index contributed by atoms with van der Waals surface area (Å²) in [5.41, 5.74) is 1.04. The predicted octanol–water partition coefficient (Wildman–Crippen LogP) is 0.00330. The van der Waals surface area contributed by atoms with Crippen molar-refractivity contribution in [3.63, 3.8) is 0 Å². The highest BCUT2D eigenvalue weighted by Gasteiger charge is 2.27. The Hall–Kier alpha value is -2.47. The van der Waals surface area contributed by atoms with E-state index in [1.54, 1.807) is 12.1 Å². The minimum atomic E-state index is -0.231. The maximum atomic E-state index is 13.0. The van der Waals surface area contributed by atoms with E-state index < -0.39 is 0 Å². The van der Waals surface area contributed by atoms with Crippen molar-refractivity contribution in [2.24, 2.45) is 0 Å². The van der Waals surface area contributed by atoms with E-state index in [2.05, 4.69) is 16.0 Å². The van der Waals surface area contributed by atoms with Gasteiger partial charge in [-0.25, -0.2) is 9.37 Å². The van der Waals surface area contributed by atoms with E-state index in [0.717, 1.165) is 42.5 Å². The molecule has 0 radical (unpaired) electrons. The van der Waals surface area contributed by atoms with E-state index in [0.29, 0.717) is 13.1 Å². The van der Waals surface area contributed by atoms with E-state index in [1.165, 1.54) is 12.1 Å². The van der Waals surface area contributed by atoms with Crippen LogP contribution >= 0.6 is 0 Å². The van der Waals surface area contributed by atoms with Crippen LogP contribution in [0.15, 0.2) is 48.7 Å². The number of hydrogen-bond acceptors (Lipinski definition) is 2. The molecule has 0 bridgehead atoms. The number of amides is 1. The summed E-state index contributed by atoms with van der Waals surface area (Å²) in [6.45, 7) is 4.32. The number of anilines is 1. The molecule has 0 spiro atoms. The highest BCUT2D eigenvalue weighted by atomic mass is 19.1. The molecule has 1 aliphatic rings. The van der Waals surface area contributed by atoms with E-state index >= 15 is 0 Å². The normalized spacial score (nSPS) is 15.9. The summed E-state index contributed by atoms with van der Waals surface area (Å²) in [6, 6.07) is 12.5. The molecule has 1 fully saturated rings. The summed E-state index contributed by atoms with van der Waals surface area (Å²) in [5, 5.41) is 0. The second-order valence-electron chi connectivity index (χ2n) is 6.55. The first-order chi connectivity index (χ1) is 12.1. The van der Waals surface area contributed by atoms with Crippen LogP contribution in [-0.2, 0) is 11.3 Å². The molecule has 1 unspecified atom stereocenters. The fourth-order valence-corrected chi connectivity index (χ4v) is 3.16. The molecule has 3 rings (SSSR count). The van der Waals surface area contributed by atoms with Crippen LogP contribution < -0.4 is 14.8 Å². The minimum absolute atomic E-state index is 0.177. The van der Waals surface area contributed by atoms with Gasteiger partial charge in [-0.1, -0.05) is 18.2 Å². The Morgan fingerprint density at radius 1 is 1.12 bits per heavy atom. The number of piperazine rings is 1. The van der Waals surface area contributed by atoms with Gasteiger partial charge in [0.25, 0.3) is 11.7 Å². The lowest BCUT2D eigenvalue weighted by Gasteiger charge is -2.31. The molecule has 0 aliphatic carbocycles. The zero-order chi connectivity index (χ0) is 17.6. The average molecular weight is 344 g/mol. The molecule has 1 amide bonds. The van der Waals surface area contributed by atoms with Crippen LogP contribution in [-0.4, -0.2) is 50.6 Å². The van der Waals surface area contributed by atoms with Gasteiger partial charge < -0.3 is 9.80 Å². The third kappa shape index (κ3) is 4.76. The first-order valence-corrected chi connectivity index (χ1v) is 8.67. The van der Waals surface area contributed by atoms with E-state index in [4.69, 9.17) is 0 Å². The smallest absolute Gasteiger partial charge is 0.278 e. The number of carbonyl (C=O) groups excluding carboxylic acids is 1. The number of carbonyl (C=O) groups is 1. The maximum absolute atomic E-state index is 13.0. The van der Waals surface area contributed by atoms with Crippen molar-refractivity contribution in [2.75, 3.05) is 44.7 Å². The summed E-state index contributed by atoms with van der Waals surface area (Å²) in [5.74, 6) is 1.04. The Morgan fingerprint density at radius 3 is 2.48 bits per heavy atom. The lowest BCUT2D eigenvalue weighted by molar-refractivity contribution is -0.885. The number of aromatic nitrogens is 1. The van der Waals surface area contributed by atoms with Crippen molar-refractivity contribution in [3.8, 4) is 0 Å². The number of H-pyrrole nitrogens is 1. The summed E-state index contributed by atoms with van der Waals surface area (Å²) in [6.07, 6.45) is 1.92. The molecule has 6 heteroatoms. The molecule has 1 atom stereocenters. The minimum Gasteiger partial charge on any atom is -0.330 e. The van der Waals surface area contributed by atoms with Crippen LogP contribution in [0.4, 0.5) is 10.2 Å². The van der Waals surface area contributed by atoms with Crippen molar-refractivity contribution >= 4 is 11.7 Å². The molecule has 1 aliphatic heterocycles. The molecule has 5 nitrogen and oxygen atoms in total. The first kappa shape index (κ1) is 17.4. The number of benzene rings is 1. The van der Waals surface area contributed by atoms with Gasteiger partial charge in [0.05, 0.1) is 26.3 Å². The van der Waals surface area contributed by atoms with Crippen molar-refractivity contribution in [1.29, 1.82) is 0 Å². The molecule has 0 saturated carbocycles. The largest absolute Gasteiger partial charge is 0.330 e. The van der Waals surface area contributed by atoms with Gasteiger partial charge in [0.15, 0.2) is 6.54 Å². The number of hydrogen-bond donors (Lipinski definition) is 1. The molecule has 2 heterocycles. The molecule has 1 aromatic heterocycles. The van der Waals surface area contributed by atoms with Crippen LogP contribution in [0.3, 0.4) is 0 Å². The number of nitrogens with zero attached hydrogens (tertiary/aromatic N) is 2. The Bertz CT molecular complexity index is 684. The number of quaternary nitrogens is 1. The monoisotopic (exact) mass is 344 g/mol. The van der Waals surface area contributed by atoms with Gasteiger partial charge >= 0.3 is 0 Å². The second-order valence-corrected chi connectivity index (χ2v) is 6.55. The first-order valence-electron chi connectivity index (χ1n) is 8.67. The number of nitrogens with one attached hydrogen (secondary N) is 2. The van der Waals surface area contributed by atoms with Crippen LogP contribution in [0, 0.1) is 5.82 Å². The maximum Gasteiger partial charge on any atom is 0.278 e. The van der Waals surface area contributed by atoms with Gasteiger partial charge in [-0.2, -0.15) is 0 Å². The Kier molecular flexibility index (Phi) is 5.60. The van der Waals surface area contributed by atoms with Crippen molar-refractivity contribution < 1.29 is 19.1 Å². The van der Waals surface area contributed by atoms with Crippen molar-refractivity contribution in [3.05, 3.63) is 60.0 Å². The molecule has 132 valence electrons. The SMILES string of the molecule is C[NH+](CC(=O)N1CCN(c2cccc[nH+]2)CC1)Cc1ccc(F)cc1. The molecule has 1 aromatic carbocycles. The second kappa shape index (κ2) is 8.07. The summed E-state index contributed by atoms with van der Waals surface area (Å²) >= 11 is 0. The molecular formula is C19H25FN4O+2. The quantitative estimate of drug-likeness (QED) is 0.830. The van der Waals surface area contributed by atoms with Gasteiger partial charge in [-0.3, -0.25) is 9.69 Å². The summed E-state index contributed by atoms with van der Waals surface area (Å²) in [4.78, 5) is 21.1.